The van der Waals surface area contributed by atoms with Crippen molar-refractivity contribution in [2.45, 2.75) is 26.7 Å². The van der Waals surface area contributed by atoms with Gasteiger partial charge in [0.15, 0.2) is 0 Å². The minimum atomic E-state index is -0.370. The third-order valence-corrected chi connectivity index (χ3v) is 4.81. The molecule has 5 heteroatoms. The Morgan fingerprint density at radius 1 is 1.12 bits per heavy atom. The van der Waals surface area contributed by atoms with Crippen molar-refractivity contribution < 1.29 is 14.0 Å². The lowest BCUT2D eigenvalue weighted by Gasteiger charge is -2.32. The van der Waals surface area contributed by atoms with Gasteiger partial charge in [-0.3, -0.25) is 9.59 Å². The van der Waals surface area contributed by atoms with Crippen molar-refractivity contribution in [3.8, 4) is 0 Å². The van der Waals surface area contributed by atoms with Gasteiger partial charge in [0.05, 0.1) is 5.92 Å². The Morgan fingerprint density at radius 3 is 2.54 bits per heavy atom. The zero-order chi connectivity index (χ0) is 18.7. The summed E-state index contributed by atoms with van der Waals surface area (Å²) in [6.07, 6.45) is 1.53. The Bertz CT molecular complexity index is 817. The van der Waals surface area contributed by atoms with Gasteiger partial charge >= 0.3 is 0 Å². The first-order chi connectivity index (χ1) is 12.4. The molecular weight excluding hydrogens is 331 g/mol. The molecule has 0 bridgehead atoms. The van der Waals surface area contributed by atoms with Crippen LogP contribution < -0.4 is 5.32 Å². The number of nitrogens with one attached hydrogen (secondary N) is 1. The van der Waals surface area contributed by atoms with E-state index in [1.807, 2.05) is 32.0 Å². The SMILES string of the molecule is Cc1ccc(NC(=O)C2CCCN(C(=O)c3ccc(F)cc3)C2)c(C)c1. The number of carbonyl (C=O) groups is 2. The number of piperidine rings is 1. The smallest absolute Gasteiger partial charge is 0.253 e. The van der Waals surface area contributed by atoms with Crippen LogP contribution in [0.5, 0.6) is 0 Å². The average Bonchev–Trinajstić information content (AvgIpc) is 2.64. The van der Waals surface area contributed by atoms with Gasteiger partial charge in [-0.15, -0.1) is 0 Å². The topological polar surface area (TPSA) is 49.4 Å². The van der Waals surface area contributed by atoms with Crippen molar-refractivity contribution in [1.82, 2.24) is 4.90 Å². The maximum absolute atomic E-state index is 13.0. The Balaban J connectivity index is 1.66. The molecule has 2 aromatic rings. The summed E-state index contributed by atoms with van der Waals surface area (Å²) in [7, 11) is 0. The van der Waals surface area contributed by atoms with Gasteiger partial charge in [-0.2, -0.15) is 0 Å². The van der Waals surface area contributed by atoms with E-state index in [0.717, 1.165) is 29.7 Å². The Labute approximate surface area is 153 Å². The van der Waals surface area contributed by atoms with E-state index in [4.69, 9.17) is 0 Å². The minimum absolute atomic E-state index is 0.0615. The third-order valence-electron chi connectivity index (χ3n) is 4.81. The zero-order valence-electron chi connectivity index (χ0n) is 15.1. The molecule has 1 aliphatic heterocycles. The van der Waals surface area contributed by atoms with Gasteiger partial charge in [0.1, 0.15) is 5.82 Å². The fourth-order valence-electron chi connectivity index (χ4n) is 3.34. The molecule has 1 fully saturated rings. The van der Waals surface area contributed by atoms with Crippen LogP contribution >= 0.6 is 0 Å². The van der Waals surface area contributed by atoms with E-state index >= 15 is 0 Å². The highest BCUT2D eigenvalue weighted by molar-refractivity contribution is 5.96. The van der Waals surface area contributed by atoms with Crippen LogP contribution in [-0.2, 0) is 4.79 Å². The predicted octanol–water partition coefficient (Wildman–Crippen LogP) is 3.93. The Kier molecular flexibility index (Phi) is 5.35. The summed E-state index contributed by atoms with van der Waals surface area (Å²) >= 11 is 0. The molecule has 0 saturated carbocycles. The van der Waals surface area contributed by atoms with Crippen LogP contribution in [0.1, 0.15) is 34.3 Å². The minimum Gasteiger partial charge on any atom is -0.338 e. The summed E-state index contributed by atoms with van der Waals surface area (Å²) in [5.74, 6) is -0.831. The number of halogens is 1. The molecule has 0 radical (unpaired) electrons. The van der Waals surface area contributed by atoms with Crippen LogP contribution in [0.25, 0.3) is 0 Å². The molecule has 0 spiro atoms. The number of aryl methyl sites for hydroxylation is 2. The largest absolute Gasteiger partial charge is 0.338 e. The van der Waals surface area contributed by atoms with E-state index in [1.54, 1.807) is 4.90 Å². The first kappa shape index (κ1) is 18.1. The van der Waals surface area contributed by atoms with Crippen LogP contribution in [-0.4, -0.2) is 29.8 Å². The first-order valence-corrected chi connectivity index (χ1v) is 8.87. The van der Waals surface area contributed by atoms with Crippen molar-refractivity contribution in [2.24, 2.45) is 5.92 Å². The van der Waals surface area contributed by atoms with Gasteiger partial charge in [0, 0.05) is 24.3 Å². The Morgan fingerprint density at radius 2 is 1.85 bits per heavy atom. The van der Waals surface area contributed by atoms with Crippen molar-refractivity contribution in [3.05, 3.63) is 65.0 Å². The normalized spacial score (nSPS) is 17.0. The predicted molar refractivity (Wildman–Crippen MR) is 99.6 cm³/mol. The number of nitrogens with zero attached hydrogens (tertiary/aromatic N) is 1. The quantitative estimate of drug-likeness (QED) is 0.908. The second kappa shape index (κ2) is 7.68. The number of hydrogen-bond acceptors (Lipinski definition) is 2. The maximum Gasteiger partial charge on any atom is 0.253 e. The highest BCUT2D eigenvalue weighted by Gasteiger charge is 2.29. The molecule has 2 aromatic carbocycles. The summed E-state index contributed by atoms with van der Waals surface area (Å²) in [5.41, 5.74) is 3.42. The van der Waals surface area contributed by atoms with Gasteiger partial charge in [0.25, 0.3) is 5.91 Å². The van der Waals surface area contributed by atoms with Gasteiger partial charge in [-0.25, -0.2) is 4.39 Å². The number of carbonyl (C=O) groups excluding carboxylic acids is 2. The molecular formula is C21H23FN2O2. The van der Waals surface area contributed by atoms with Crippen LogP contribution in [0.4, 0.5) is 10.1 Å². The zero-order valence-corrected chi connectivity index (χ0v) is 15.1. The first-order valence-electron chi connectivity index (χ1n) is 8.87. The molecule has 0 aromatic heterocycles. The van der Waals surface area contributed by atoms with Gasteiger partial charge < -0.3 is 10.2 Å². The molecule has 1 heterocycles. The van der Waals surface area contributed by atoms with Crippen molar-refractivity contribution in [1.29, 1.82) is 0 Å². The van der Waals surface area contributed by atoms with Crippen LogP contribution in [0.15, 0.2) is 42.5 Å². The fraction of sp³-hybridized carbons (Fsp3) is 0.333. The van der Waals surface area contributed by atoms with E-state index in [2.05, 4.69) is 5.32 Å². The molecule has 0 aliphatic carbocycles. The van der Waals surface area contributed by atoms with E-state index in [0.29, 0.717) is 18.7 Å². The molecule has 1 atom stereocenters. The molecule has 1 N–H and O–H groups in total. The lowest BCUT2D eigenvalue weighted by molar-refractivity contribution is -0.121. The summed E-state index contributed by atoms with van der Waals surface area (Å²) in [5, 5.41) is 2.99. The second-order valence-corrected chi connectivity index (χ2v) is 6.90. The summed E-state index contributed by atoms with van der Waals surface area (Å²) < 4.78 is 13.0. The second-order valence-electron chi connectivity index (χ2n) is 6.90. The summed E-state index contributed by atoms with van der Waals surface area (Å²) in [4.78, 5) is 26.9. The summed E-state index contributed by atoms with van der Waals surface area (Å²) in [6.45, 7) is 4.98. The molecule has 26 heavy (non-hydrogen) atoms. The molecule has 1 aliphatic rings. The lowest BCUT2D eigenvalue weighted by Crippen LogP contribution is -2.43. The van der Waals surface area contributed by atoms with E-state index < -0.39 is 0 Å². The molecule has 4 nitrogen and oxygen atoms in total. The number of likely N-dealkylation sites (tertiary alicyclic amines) is 1. The summed E-state index contributed by atoms with van der Waals surface area (Å²) in [6, 6.07) is 11.4. The van der Waals surface area contributed by atoms with Crippen LogP contribution in [0.3, 0.4) is 0 Å². The lowest BCUT2D eigenvalue weighted by atomic mass is 9.96. The standard InChI is InChI=1S/C21H23FN2O2/c1-14-5-10-19(15(2)12-14)23-20(25)17-4-3-11-24(13-17)21(26)16-6-8-18(22)9-7-16/h5-10,12,17H,3-4,11,13H2,1-2H3,(H,23,25). The van der Waals surface area contributed by atoms with E-state index in [1.165, 1.54) is 24.3 Å². The maximum atomic E-state index is 13.0. The van der Waals surface area contributed by atoms with Crippen molar-refractivity contribution >= 4 is 17.5 Å². The number of benzene rings is 2. The molecule has 3 rings (SSSR count). The molecule has 1 unspecified atom stereocenters. The fourth-order valence-corrected chi connectivity index (χ4v) is 3.34. The van der Waals surface area contributed by atoms with Crippen molar-refractivity contribution in [2.75, 3.05) is 18.4 Å². The molecule has 1 saturated heterocycles. The number of amides is 2. The van der Waals surface area contributed by atoms with Crippen LogP contribution in [0, 0.1) is 25.6 Å². The van der Waals surface area contributed by atoms with Gasteiger partial charge in [0.2, 0.25) is 5.91 Å². The van der Waals surface area contributed by atoms with Crippen molar-refractivity contribution in [3.63, 3.8) is 0 Å². The Hall–Kier alpha value is -2.69. The highest BCUT2D eigenvalue weighted by atomic mass is 19.1. The average molecular weight is 354 g/mol. The third kappa shape index (κ3) is 4.10. The van der Waals surface area contributed by atoms with Gasteiger partial charge in [-0.1, -0.05) is 17.7 Å². The van der Waals surface area contributed by atoms with Gasteiger partial charge in [-0.05, 0) is 62.6 Å². The monoisotopic (exact) mass is 354 g/mol. The highest BCUT2D eigenvalue weighted by Crippen LogP contribution is 2.22. The number of hydrogen-bond donors (Lipinski definition) is 1. The number of anilines is 1. The van der Waals surface area contributed by atoms with E-state index in [9.17, 15) is 14.0 Å². The molecule has 136 valence electrons. The number of rotatable bonds is 3. The van der Waals surface area contributed by atoms with E-state index in [-0.39, 0.29) is 23.5 Å². The van der Waals surface area contributed by atoms with Crippen LogP contribution in [0.2, 0.25) is 0 Å². The molecule has 2 amide bonds.